The van der Waals surface area contributed by atoms with Gasteiger partial charge in [-0.25, -0.2) is 0 Å². The Labute approximate surface area is 71.9 Å². The molecule has 0 unspecified atom stereocenters. The van der Waals surface area contributed by atoms with E-state index >= 15 is 0 Å². The number of likely N-dealkylation sites (N-methyl/N-ethyl adjacent to an activating group) is 2. The van der Waals surface area contributed by atoms with Crippen LogP contribution < -0.4 is 10.6 Å². The molecule has 0 aromatic rings. The number of amides is 1. The summed E-state index contributed by atoms with van der Waals surface area (Å²) in [4.78, 5) is 12.5. The predicted molar refractivity (Wildman–Crippen MR) is 48.4 cm³/mol. The Morgan fingerprint density at radius 1 is 1.45 bits per heavy atom. The average molecular weight is 175 g/mol. The maximum absolute atomic E-state index is 10.8. The van der Waals surface area contributed by atoms with Crippen molar-refractivity contribution in [2.45, 2.75) is 0 Å². The third kappa shape index (κ3) is 3.77. The number of carbonyl (C=O) groups excluding carboxylic acids is 1. The third-order valence-corrected chi connectivity index (χ3v) is 1.74. The van der Waals surface area contributed by atoms with E-state index in [1.165, 1.54) is 0 Å². The zero-order chi connectivity index (χ0) is 8.85. The van der Waals surface area contributed by atoms with Gasteiger partial charge in [-0.05, 0) is 12.2 Å². The smallest absolute Gasteiger partial charge is 0.239 e. The molecule has 5 heteroatoms. The number of hydrogen-bond acceptors (Lipinski definition) is 2. The molecule has 0 aromatic heterocycles. The minimum Gasteiger partial charge on any atom is -0.366 e. The molecule has 0 bridgehead atoms. The molecule has 0 aliphatic carbocycles. The summed E-state index contributed by atoms with van der Waals surface area (Å²) in [5, 5.41) is 5.84. The first kappa shape index (κ1) is 10.2. The second kappa shape index (κ2) is 4.90. The van der Waals surface area contributed by atoms with Crippen LogP contribution in [0.25, 0.3) is 0 Å². The normalized spacial score (nSPS) is 8.64. The highest BCUT2D eigenvalue weighted by atomic mass is 32.1. The first-order valence-electron chi connectivity index (χ1n) is 3.25. The van der Waals surface area contributed by atoms with Gasteiger partial charge in [0.1, 0.15) is 0 Å². The molecule has 0 fully saturated rings. The van der Waals surface area contributed by atoms with Crippen LogP contribution in [-0.2, 0) is 4.79 Å². The Bertz CT molecular complexity index is 160. The maximum atomic E-state index is 10.8. The third-order valence-electron chi connectivity index (χ3n) is 1.22. The Kier molecular flexibility index (Phi) is 4.52. The van der Waals surface area contributed by atoms with E-state index in [0.717, 1.165) is 0 Å². The molecular formula is C6H13N3OS. The topological polar surface area (TPSA) is 44.4 Å². The summed E-state index contributed by atoms with van der Waals surface area (Å²) >= 11 is 4.88. The van der Waals surface area contributed by atoms with E-state index in [1.807, 2.05) is 0 Å². The quantitative estimate of drug-likeness (QED) is 0.538. The summed E-state index contributed by atoms with van der Waals surface area (Å²) in [6, 6.07) is 0. The molecule has 0 spiro atoms. The van der Waals surface area contributed by atoms with Crippen LogP contribution in [-0.4, -0.2) is 43.6 Å². The lowest BCUT2D eigenvalue weighted by Crippen LogP contribution is -2.41. The van der Waals surface area contributed by atoms with Gasteiger partial charge in [0.05, 0.1) is 6.54 Å². The van der Waals surface area contributed by atoms with Crippen LogP contribution in [0.3, 0.4) is 0 Å². The van der Waals surface area contributed by atoms with Crippen molar-refractivity contribution in [3.05, 3.63) is 0 Å². The molecule has 0 atom stereocenters. The lowest BCUT2D eigenvalue weighted by atomic mass is 10.5. The summed E-state index contributed by atoms with van der Waals surface area (Å²) < 4.78 is 0. The van der Waals surface area contributed by atoms with Gasteiger partial charge in [-0.2, -0.15) is 0 Å². The predicted octanol–water partition coefficient (Wildman–Crippen LogP) is -0.831. The van der Waals surface area contributed by atoms with Gasteiger partial charge in [0, 0.05) is 21.1 Å². The first-order valence-corrected chi connectivity index (χ1v) is 3.66. The number of nitrogens with one attached hydrogen (secondary N) is 2. The van der Waals surface area contributed by atoms with E-state index in [2.05, 4.69) is 10.6 Å². The van der Waals surface area contributed by atoms with Crippen LogP contribution in [0, 0.1) is 0 Å². The molecule has 4 nitrogen and oxygen atoms in total. The molecule has 0 saturated heterocycles. The van der Waals surface area contributed by atoms with Gasteiger partial charge in [-0.15, -0.1) is 0 Å². The highest BCUT2D eigenvalue weighted by Crippen LogP contribution is 1.82. The second-order valence-corrected chi connectivity index (χ2v) is 2.47. The Morgan fingerprint density at radius 3 is 2.36 bits per heavy atom. The SMILES string of the molecule is CNC(=O)CN(C)C(=S)NC. The molecule has 0 aliphatic heterocycles. The molecule has 0 rings (SSSR count). The van der Waals surface area contributed by atoms with E-state index in [0.29, 0.717) is 5.11 Å². The number of nitrogens with zero attached hydrogens (tertiary/aromatic N) is 1. The first-order chi connectivity index (χ1) is 5.11. The van der Waals surface area contributed by atoms with Crippen LogP contribution in [0.15, 0.2) is 0 Å². The van der Waals surface area contributed by atoms with Crippen LogP contribution >= 0.6 is 12.2 Å². The fraction of sp³-hybridized carbons (Fsp3) is 0.667. The van der Waals surface area contributed by atoms with Crippen molar-refractivity contribution < 1.29 is 4.79 Å². The summed E-state index contributed by atoms with van der Waals surface area (Å²) in [5.74, 6) is -0.0508. The Hall–Kier alpha value is -0.840. The van der Waals surface area contributed by atoms with Crippen molar-refractivity contribution in [3.63, 3.8) is 0 Å². The number of rotatable bonds is 2. The Balaban J connectivity index is 3.77. The molecule has 1 amide bonds. The van der Waals surface area contributed by atoms with Crippen molar-refractivity contribution >= 4 is 23.2 Å². The summed E-state index contributed by atoms with van der Waals surface area (Å²) in [7, 11) is 5.08. The minimum absolute atomic E-state index is 0.0508. The van der Waals surface area contributed by atoms with Gasteiger partial charge in [-0.1, -0.05) is 0 Å². The zero-order valence-corrected chi connectivity index (χ0v) is 7.79. The van der Waals surface area contributed by atoms with Crippen LogP contribution in [0.1, 0.15) is 0 Å². The van der Waals surface area contributed by atoms with Gasteiger partial charge < -0.3 is 15.5 Å². The summed E-state index contributed by atoms with van der Waals surface area (Å²) in [6.07, 6.45) is 0. The summed E-state index contributed by atoms with van der Waals surface area (Å²) in [5.41, 5.74) is 0. The monoisotopic (exact) mass is 175 g/mol. The molecule has 11 heavy (non-hydrogen) atoms. The lowest BCUT2D eigenvalue weighted by molar-refractivity contribution is -0.120. The highest BCUT2D eigenvalue weighted by Gasteiger charge is 2.05. The molecular weight excluding hydrogens is 162 g/mol. The molecule has 2 N–H and O–H groups in total. The highest BCUT2D eigenvalue weighted by molar-refractivity contribution is 7.80. The van der Waals surface area contributed by atoms with Crippen molar-refractivity contribution in [3.8, 4) is 0 Å². The lowest BCUT2D eigenvalue weighted by Gasteiger charge is -2.17. The van der Waals surface area contributed by atoms with E-state index in [9.17, 15) is 4.79 Å². The van der Waals surface area contributed by atoms with Crippen molar-refractivity contribution in [2.75, 3.05) is 27.7 Å². The van der Waals surface area contributed by atoms with Crippen LogP contribution in [0.2, 0.25) is 0 Å². The fourth-order valence-electron chi connectivity index (χ4n) is 0.557. The number of hydrogen-bond donors (Lipinski definition) is 2. The van der Waals surface area contributed by atoms with Crippen molar-refractivity contribution in [1.82, 2.24) is 15.5 Å². The molecule has 0 saturated carbocycles. The van der Waals surface area contributed by atoms with E-state index in [4.69, 9.17) is 12.2 Å². The largest absolute Gasteiger partial charge is 0.366 e. The van der Waals surface area contributed by atoms with E-state index < -0.39 is 0 Å². The molecule has 0 heterocycles. The van der Waals surface area contributed by atoms with Gasteiger partial charge in [0.2, 0.25) is 5.91 Å². The van der Waals surface area contributed by atoms with Gasteiger partial charge in [0.25, 0.3) is 0 Å². The second-order valence-electron chi connectivity index (χ2n) is 2.08. The van der Waals surface area contributed by atoms with Crippen molar-refractivity contribution in [2.24, 2.45) is 0 Å². The van der Waals surface area contributed by atoms with Gasteiger partial charge in [-0.3, -0.25) is 4.79 Å². The molecule has 0 aromatic carbocycles. The molecule has 0 aliphatic rings. The Morgan fingerprint density at radius 2 is 2.00 bits per heavy atom. The molecule has 0 radical (unpaired) electrons. The minimum atomic E-state index is -0.0508. The van der Waals surface area contributed by atoms with Gasteiger partial charge >= 0.3 is 0 Å². The average Bonchev–Trinajstić information content (AvgIpc) is 2.02. The summed E-state index contributed by atoms with van der Waals surface area (Å²) in [6.45, 7) is 0.288. The van der Waals surface area contributed by atoms with E-state index in [-0.39, 0.29) is 12.5 Å². The van der Waals surface area contributed by atoms with Crippen molar-refractivity contribution in [1.29, 1.82) is 0 Å². The van der Waals surface area contributed by atoms with Gasteiger partial charge in [0.15, 0.2) is 5.11 Å². The molecule has 64 valence electrons. The van der Waals surface area contributed by atoms with Crippen LogP contribution in [0.5, 0.6) is 0 Å². The number of carbonyl (C=O) groups is 1. The fourth-order valence-corrected chi connectivity index (χ4v) is 0.622. The maximum Gasteiger partial charge on any atom is 0.239 e. The van der Waals surface area contributed by atoms with Crippen LogP contribution in [0.4, 0.5) is 0 Å². The zero-order valence-electron chi connectivity index (χ0n) is 6.97. The number of thiocarbonyl (C=S) groups is 1. The standard InChI is InChI=1S/C6H13N3OS/c1-7-5(10)4-9(3)6(11)8-2/h4H2,1-3H3,(H,7,10)(H,8,11). The van der Waals surface area contributed by atoms with E-state index in [1.54, 1.807) is 26.0 Å².